The highest BCUT2D eigenvalue weighted by molar-refractivity contribution is 7.16. The number of aromatic nitrogens is 2. The monoisotopic (exact) mass is 473 g/mol. The van der Waals surface area contributed by atoms with Crippen LogP contribution in [0.1, 0.15) is 27.6 Å². The first-order valence-corrected chi connectivity index (χ1v) is 12.0. The molecule has 0 unspecified atom stereocenters. The first-order valence-electron chi connectivity index (χ1n) is 10.3. The number of thiazole rings is 1. The normalized spacial score (nSPS) is 11.9. The van der Waals surface area contributed by atoms with Crippen LogP contribution in [0.5, 0.6) is 0 Å². The zero-order chi connectivity index (χ0) is 22.9. The first kappa shape index (κ1) is 21.2. The maximum absolute atomic E-state index is 13.4. The van der Waals surface area contributed by atoms with Crippen molar-refractivity contribution in [1.82, 2.24) is 9.55 Å². The molecule has 164 valence electrons. The van der Waals surface area contributed by atoms with Crippen molar-refractivity contribution in [3.05, 3.63) is 82.0 Å². The lowest BCUT2D eigenvalue weighted by atomic mass is 10.1. The van der Waals surface area contributed by atoms with Gasteiger partial charge in [0.25, 0.3) is 5.91 Å². The summed E-state index contributed by atoms with van der Waals surface area (Å²) in [6.07, 6.45) is 0. The highest BCUT2D eigenvalue weighted by Crippen LogP contribution is 2.28. The Balaban J connectivity index is 1.67. The number of methoxy groups -OCH3 is 1. The molecular formula is C25H19N3O3S2. The molecule has 0 spiro atoms. The van der Waals surface area contributed by atoms with E-state index in [1.807, 2.05) is 65.4 Å². The third-order valence-electron chi connectivity index (χ3n) is 5.34. The van der Waals surface area contributed by atoms with E-state index in [1.54, 1.807) is 23.5 Å². The minimum Gasteiger partial charge on any atom is -0.465 e. The van der Waals surface area contributed by atoms with Crippen LogP contribution in [-0.2, 0) is 11.3 Å². The lowest BCUT2D eigenvalue weighted by Crippen LogP contribution is -2.16. The third kappa shape index (κ3) is 3.88. The minimum absolute atomic E-state index is 0.326. The molecule has 0 N–H and O–H groups in total. The van der Waals surface area contributed by atoms with Crippen molar-refractivity contribution in [2.75, 3.05) is 7.11 Å². The van der Waals surface area contributed by atoms with E-state index in [0.717, 1.165) is 31.7 Å². The zero-order valence-corrected chi connectivity index (χ0v) is 19.6. The van der Waals surface area contributed by atoms with Crippen molar-refractivity contribution in [3.63, 3.8) is 0 Å². The molecule has 0 aliphatic carbocycles. The molecule has 8 heteroatoms. The Morgan fingerprint density at radius 3 is 2.70 bits per heavy atom. The Hall–Kier alpha value is -3.62. The molecule has 0 fully saturated rings. The topological polar surface area (TPSA) is 73.5 Å². The van der Waals surface area contributed by atoms with Gasteiger partial charge in [-0.25, -0.2) is 9.78 Å². The molecule has 0 atom stereocenters. The summed E-state index contributed by atoms with van der Waals surface area (Å²) in [4.78, 5) is 36.2. The van der Waals surface area contributed by atoms with Crippen molar-refractivity contribution in [2.24, 2.45) is 4.99 Å². The van der Waals surface area contributed by atoms with Gasteiger partial charge in [-0.15, -0.1) is 11.3 Å². The fourth-order valence-corrected chi connectivity index (χ4v) is 5.58. The number of pyridine rings is 1. The van der Waals surface area contributed by atoms with E-state index in [-0.39, 0.29) is 5.91 Å². The molecular weight excluding hydrogens is 454 g/mol. The number of benzene rings is 2. The van der Waals surface area contributed by atoms with Crippen LogP contribution in [0.3, 0.4) is 0 Å². The Bertz CT molecular complexity index is 1580. The average Bonchev–Trinajstić information content (AvgIpc) is 3.50. The number of ether oxygens (including phenoxy) is 1. The van der Waals surface area contributed by atoms with E-state index >= 15 is 0 Å². The number of rotatable bonds is 4. The van der Waals surface area contributed by atoms with Gasteiger partial charge in [0, 0.05) is 11.9 Å². The number of hydrogen-bond acceptors (Lipinski definition) is 6. The molecule has 2 aromatic carbocycles. The maximum atomic E-state index is 13.4. The van der Waals surface area contributed by atoms with Crippen LogP contribution in [0.25, 0.3) is 31.7 Å². The molecule has 0 aliphatic rings. The van der Waals surface area contributed by atoms with Gasteiger partial charge >= 0.3 is 5.97 Å². The van der Waals surface area contributed by atoms with Crippen molar-refractivity contribution in [1.29, 1.82) is 0 Å². The Kier molecular flexibility index (Phi) is 5.62. The lowest BCUT2D eigenvalue weighted by Gasteiger charge is -2.06. The second kappa shape index (κ2) is 8.73. The molecule has 3 aromatic heterocycles. The predicted octanol–water partition coefficient (Wildman–Crippen LogP) is 5.53. The number of amides is 1. The second-order valence-electron chi connectivity index (χ2n) is 7.27. The van der Waals surface area contributed by atoms with E-state index in [0.29, 0.717) is 22.5 Å². The van der Waals surface area contributed by atoms with Gasteiger partial charge in [-0.05, 0) is 48.7 Å². The lowest BCUT2D eigenvalue weighted by molar-refractivity contribution is 0.0601. The quantitative estimate of drug-likeness (QED) is 0.322. The molecule has 0 radical (unpaired) electrons. The molecule has 3 heterocycles. The van der Waals surface area contributed by atoms with Crippen LogP contribution < -0.4 is 4.80 Å². The molecule has 33 heavy (non-hydrogen) atoms. The van der Waals surface area contributed by atoms with Gasteiger partial charge in [-0.3, -0.25) is 4.79 Å². The number of carbonyl (C=O) groups is 2. The zero-order valence-electron chi connectivity index (χ0n) is 17.9. The summed E-state index contributed by atoms with van der Waals surface area (Å²) in [5, 5.41) is 2.76. The predicted molar refractivity (Wildman–Crippen MR) is 132 cm³/mol. The molecule has 5 aromatic rings. The van der Waals surface area contributed by atoms with Crippen LogP contribution in [0.2, 0.25) is 0 Å². The summed E-state index contributed by atoms with van der Waals surface area (Å²) in [5.41, 5.74) is 3.40. The minimum atomic E-state index is -0.396. The van der Waals surface area contributed by atoms with E-state index in [4.69, 9.17) is 9.72 Å². The molecule has 1 amide bonds. The van der Waals surface area contributed by atoms with Crippen LogP contribution in [0.15, 0.2) is 71.0 Å². The summed E-state index contributed by atoms with van der Waals surface area (Å²) in [6.45, 7) is 2.64. The average molecular weight is 474 g/mol. The number of thiophene rings is 1. The highest BCUT2D eigenvalue weighted by Gasteiger charge is 2.16. The Morgan fingerprint density at radius 2 is 1.94 bits per heavy atom. The number of esters is 1. The summed E-state index contributed by atoms with van der Waals surface area (Å²) in [5.74, 6) is -0.722. The largest absolute Gasteiger partial charge is 0.465 e. The van der Waals surface area contributed by atoms with E-state index in [1.165, 1.54) is 18.4 Å². The maximum Gasteiger partial charge on any atom is 0.337 e. The summed E-state index contributed by atoms with van der Waals surface area (Å²) < 4.78 is 7.67. The number of nitrogens with zero attached hydrogens (tertiary/aromatic N) is 3. The standard InChI is InChI=1S/C25H19N3O3S2/c1-3-28-20-11-10-15(24(30)31-2)13-22(20)33-25(28)27-23(29)17-14-19(21-9-6-12-32-21)26-18-8-5-4-7-16(17)18/h4-14H,3H2,1-2H3. The third-order valence-corrected chi connectivity index (χ3v) is 7.27. The van der Waals surface area contributed by atoms with E-state index < -0.39 is 5.97 Å². The summed E-state index contributed by atoms with van der Waals surface area (Å²) >= 11 is 2.95. The van der Waals surface area contributed by atoms with Crippen molar-refractivity contribution >= 4 is 55.7 Å². The smallest absolute Gasteiger partial charge is 0.337 e. The van der Waals surface area contributed by atoms with Gasteiger partial charge in [0.05, 0.1) is 44.5 Å². The van der Waals surface area contributed by atoms with Gasteiger partial charge in [0.15, 0.2) is 4.80 Å². The van der Waals surface area contributed by atoms with Crippen LogP contribution >= 0.6 is 22.7 Å². The van der Waals surface area contributed by atoms with Gasteiger partial charge in [0.2, 0.25) is 0 Å². The number of para-hydroxylation sites is 1. The Morgan fingerprint density at radius 1 is 1.09 bits per heavy atom. The van der Waals surface area contributed by atoms with Crippen LogP contribution in [0, 0.1) is 0 Å². The van der Waals surface area contributed by atoms with E-state index in [2.05, 4.69) is 4.99 Å². The van der Waals surface area contributed by atoms with Gasteiger partial charge in [-0.1, -0.05) is 35.6 Å². The van der Waals surface area contributed by atoms with E-state index in [9.17, 15) is 9.59 Å². The fourth-order valence-electron chi connectivity index (χ4n) is 3.76. The van der Waals surface area contributed by atoms with Crippen LogP contribution in [0.4, 0.5) is 0 Å². The van der Waals surface area contributed by atoms with Crippen LogP contribution in [-0.4, -0.2) is 28.5 Å². The van der Waals surface area contributed by atoms with Gasteiger partial charge < -0.3 is 9.30 Å². The van der Waals surface area contributed by atoms with Crippen molar-refractivity contribution in [3.8, 4) is 10.6 Å². The fraction of sp³-hybridized carbons (Fsp3) is 0.120. The molecule has 0 bridgehead atoms. The summed E-state index contributed by atoms with van der Waals surface area (Å²) in [6, 6.07) is 18.7. The SMILES string of the molecule is CCn1c(=NC(=O)c2cc(-c3cccs3)nc3ccccc23)sc2cc(C(=O)OC)ccc21. The van der Waals surface area contributed by atoms with Crippen molar-refractivity contribution < 1.29 is 14.3 Å². The first-order chi connectivity index (χ1) is 16.1. The molecule has 5 rings (SSSR count). The highest BCUT2D eigenvalue weighted by atomic mass is 32.1. The Labute approximate surface area is 197 Å². The second-order valence-corrected chi connectivity index (χ2v) is 9.23. The van der Waals surface area contributed by atoms with Gasteiger partial charge in [0.1, 0.15) is 0 Å². The van der Waals surface area contributed by atoms with Gasteiger partial charge in [-0.2, -0.15) is 4.99 Å². The molecule has 0 saturated heterocycles. The molecule has 0 saturated carbocycles. The number of fused-ring (bicyclic) bond motifs is 2. The number of carbonyl (C=O) groups excluding carboxylic acids is 2. The number of aryl methyl sites for hydroxylation is 1. The molecule has 0 aliphatic heterocycles. The molecule has 6 nitrogen and oxygen atoms in total. The number of hydrogen-bond donors (Lipinski definition) is 0. The van der Waals surface area contributed by atoms with Crippen molar-refractivity contribution in [2.45, 2.75) is 13.5 Å². The summed E-state index contributed by atoms with van der Waals surface area (Å²) in [7, 11) is 1.36.